The topological polar surface area (TPSA) is 47.0 Å². The average Bonchev–Trinajstić information content (AvgIpc) is 2.09. The zero-order valence-corrected chi connectivity index (χ0v) is 7.51. The molecule has 0 amide bonds. The van der Waals surface area contributed by atoms with E-state index >= 15 is 0 Å². The van der Waals surface area contributed by atoms with E-state index in [2.05, 4.69) is 15.5 Å². The van der Waals surface area contributed by atoms with E-state index in [4.69, 9.17) is 16.3 Å². The molecule has 0 spiro atoms. The first-order valence-corrected chi connectivity index (χ1v) is 3.97. The van der Waals surface area contributed by atoms with Crippen LogP contribution in [0, 0.1) is 0 Å². The molecule has 1 heterocycles. The van der Waals surface area contributed by atoms with E-state index in [0.717, 1.165) is 6.54 Å². The molecule has 0 aliphatic heterocycles. The maximum atomic E-state index is 5.53. The van der Waals surface area contributed by atoms with Crippen LogP contribution in [0.25, 0.3) is 0 Å². The predicted molar refractivity (Wildman–Crippen MR) is 46.5 cm³/mol. The summed E-state index contributed by atoms with van der Waals surface area (Å²) < 4.78 is 5.21. The van der Waals surface area contributed by atoms with Gasteiger partial charge in [0.05, 0.1) is 0 Å². The van der Waals surface area contributed by atoms with Crippen molar-refractivity contribution in [2.45, 2.75) is 0 Å². The fourth-order valence-corrected chi connectivity index (χ4v) is 0.739. The molecule has 1 aromatic rings. The van der Waals surface area contributed by atoms with Crippen LogP contribution >= 0.6 is 11.6 Å². The van der Waals surface area contributed by atoms with Crippen LogP contribution in [0.5, 0.6) is 5.88 Å². The minimum atomic E-state index is 0.371. The van der Waals surface area contributed by atoms with Gasteiger partial charge in [0.1, 0.15) is 6.61 Å². The maximum absolute atomic E-state index is 5.53. The van der Waals surface area contributed by atoms with Gasteiger partial charge in [-0.2, -0.15) is 0 Å². The molecule has 0 aliphatic carbocycles. The van der Waals surface area contributed by atoms with Gasteiger partial charge in [0.25, 0.3) is 0 Å². The Bertz CT molecular complexity index is 227. The highest BCUT2D eigenvalue weighted by Gasteiger charge is 1.94. The van der Waals surface area contributed by atoms with Crippen molar-refractivity contribution < 1.29 is 4.74 Å². The Labute approximate surface area is 75.9 Å². The molecule has 1 aromatic heterocycles. The van der Waals surface area contributed by atoms with Crippen molar-refractivity contribution in [3.63, 3.8) is 0 Å². The Morgan fingerprint density at radius 3 is 2.92 bits per heavy atom. The fourth-order valence-electron chi connectivity index (χ4n) is 0.638. The first-order chi connectivity index (χ1) is 5.83. The van der Waals surface area contributed by atoms with Crippen LogP contribution in [-0.2, 0) is 0 Å². The molecule has 0 unspecified atom stereocenters. The van der Waals surface area contributed by atoms with Crippen LogP contribution < -0.4 is 10.1 Å². The summed E-state index contributed by atoms with van der Waals surface area (Å²) in [5.41, 5.74) is 0. The third-order valence-corrected chi connectivity index (χ3v) is 1.41. The normalized spacial score (nSPS) is 9.83. The lowest BCUT2D eigenvalue weighted by molar-refractivity contribution is 0.303. The van der Waals surface area contributed by atoms with Crippen molar-refractivity contribution >= 4 is 11.6 Å². The van der Waals surface area contributed by atoms with Crippen LogP contribution in [0.3, 0.4) is 0 Å². The molecule has 1 rings (SSSR count). The Morgan fingerprint density at radius 1 is 1.50 bits per heavy atom. The number of aromatic nitrogens is 2. The van der Waals surface area contributed by atoms with Gasteiger partial charge in [-0.15, -0.1) is 10.2 Å². The number of halogens is 1. The first kappa shape index (κ1) is 9.22. The Kier molecular flexibility index (Phi) is 3.76. The lowest BCUT2D eigenvalue weighted by Crippen LogP contribution is -2.16. The zero-order chi connectivity index (χ0) is 8.81. The smallest absolute Gasteiger partial charge is 0.233 e. The minimum Gasteiger partial charge on any atom is -0.475 e. The molecule has 0 radical (unpaired) electrons. The molecule has 66 valence electrons. The number of hydrogen-bond donors (Lipinski definition) is 1. The van der Waals surface area contributed by atoms with Crippen molar-refractivity contribution in [3.8, 4) is 5.88 Å². The molecule has 0 aliphatic rings. The van der Waals surface area contributed by atoms with E-state index in [0.29, 0.717) is 17.6 Å². The predicted octanol–water partition coefficient (Wildman–Crippen LogP) is 0.728. The summed E-state index contributed by atoms with van der Waals surface area (Å²) in [6, 6.07) is 3.33. The van der Waals surface area contributed by atoms with Crippen molar-refractivity contribution in [2.75, 3.05) is 20.2 Å². The lowest BCUT2D eigenvalue weighted by atomic mass is 10.6. The summed E-state index contributed by atoms with van der Waals surface area (Å²) in [7, 11) is 1.86. The van der Waals surface area contributed by atoms with Gasteiger partial charge in [-0.25, -0.2) is 0 Å². The molecule has 4 nitrogen and oxygen atoms in total. The van der Waals surface area contributed by atoms with Gasteiger partial charge in [0, 0.05) is 12.6 Å². The van der Waals surface area contributed by atoms with Crippen molar-refractivity contribution in [3.05, 3.63) is 17.3 Å². The van der Waals surface area contributed by atoms with E-state index in [1.54, 1.807) is 12.1 Å². The zero-order valence-electron chi connectivity index (χ0n) is 6.75. The summed E-state index contributed by atoms with van der Waals surface area (Å²) in [5.74, 6) is 0.495. The SMILES string of the molecule is CNCCOc1ccc(Cl)nn1. The lowest BCUT2D eigenvalue weighted by Gasteiger charge is -2.02. The number of ether oxygens (including phenoxy) is 1. The highest BCUT2D eigenvalue weighted by Crippen LogP contribution is 2.07. The van der Waals surface area contributed by atoms with E-state index in [9.17, 15) is 0 Å². The summed E-state index contributed by atoms with van der Waals surface area (Å²) in [4.78, 5) is 0. The number of hydrogen-bond acceptors (Lipinski definition) is 4. The molecule has 0 fully saturated rings. The van der Waals surface area contributed by atoms with Crippen LogP contribution in [0.2, 0.25) is 5.15 Å². The van der Waals surface area contributed by atoms with Crippen LogP contribution in [0.1, 0.15) is 0 Å². The van der Waals surface area contributed by atoms with Gasteiger partial charge in [0.15, 0.2) is 5.15 Å². The minimum absolute atomic E-state index is 0.371. The summed E-state index contributed by atoms with van der Waals surface area (Å²) in [5, 5.41) is 10.7. The third kappa shape index (κ3) is 3.02. The van der Waals surface area contributed by atoms with Crippen LogP contribution in [0.4, 0.5) is 0 Å². The Morgan fingerprint density at radius 2 is 2.33 bits per heavy atom. The molecular formula is C7H10ClN3O. The second-order valence-corrected chi connectivity index (χ2v) is 2.53. The van der Waals surface area contributed by atoms with E-state index in [-0.39, 0.29) is 0 Å². The second kappa shape index (κ2) is 4.90. The molecule has 0 saturated carbocycles. The van der Waals surface area contributed by atoms with Gasteiger partial charge in [0.2, 0.25) is 5.88 Å². The molecule has 1 N–H and O–H groups in total. The van der Waals surface area contributed by atoms with Crippen LogP contribution in [0.15, 0.2) is 12.1 Å². The summed E-state index contributed by atoms with van der Waals surface area (Å²) in [6.07, 6.45) is 0. The van der Waals surface area contributed by atoms with E-state index in [1.807, 2.05) is 7.05 Å². The van der Waals surface area contributed by atoms with E-state index in [1.165, 1.54) is 0 Å². The number of nitrogens with zero attached hydrogens (tertiary/aromatic N) is 2. The molecule has 5 heteroatoms. The fraction of sp³-hybridized carbons (Fsp3) is 0.429. The highest BCUT2D eigenvalue weighted by molar-refractivity contribution is 6.29. The molecule has 0 saturated heterocycles. The third-order valence-electron chi connectivity index (χ3n) is 1.21. The molecular weight excluding hydrogens is 178 g/mol. The first-order valence-electron chi connectivity index (χ1n) is 3.59. The maximum Gasteiger partial charge on any atom is 0.233 e. The van der Waals surface area contributed by atoms with Crippen molar-refractivity contribution in [2.24, 2.45) is 0 Å². The molecule has 0 aromatic carbocycles. The number of nitrogens with one attached hydrogen (secondary N) is 1. The van der Waals surface area contributed by atoms with E-state index < -0.39 is 0 Å². The van der Waals surface area contributed by atoms with Gasteiger partial charge in [-0.1, -0.05) is 11.6 Å². The van der Waals surface area contributed by atoms with Crippen molar-refractivity contribution in [1.82, 2.24) is 15.5 Å². The van der Waals surface area contributed by atoms with Gasteiger partial charge >= 0.3 is 0 Å². The van der Waals surface area contributed by atoms with Gasteiger partial charge in [-0.05, 0) is 13.1 Å². The monoisotopic (exact) mass is 187 g/mol. The molecule has 0 bridgehead atoms. The molecule has 0 atom stereocenters. The largest absolute Gasteiger partial charge is 0.475 e. The van der Waals surface area contributed by atoms with Crippen LogP contribution in [-0.4, -0.2) is 30.4 Å². The Hall–Kier alpha value is -0.870. The summed E-state index contributed by atoms with van der Waals surface area (Å²) >= 11 is 5.53. The van der Waals surface area contributed by atoms with Crippen molar-refractivity contribution in [1.29, 1.82) is 0 Å². The number of likely N-dealkylation sites (N-methyl/N-ethyl adjacent to an activating group) is 1. The standard InChI is InChI=1S/C7H10ClN3O/c1-9-4-5-12-7-3-2-6(8)10-11-7/h2-3,9H,4-5H2,1H3. The average molecular weight is 188 g/mol. The summed E-state index contributed by atoms with van der Waals surface area (Å²) in [6.45, 7) is 1.36. The quantitative estimate of drug-likeness (QED) is 0.706. The molecule has 12 heavy (non-hydrogen) atoms. The van der Waals surface area contributed by atoms with Gasteiger partial charge in [-0.3, -0.25) is 0 Å². The number of rotatable bonds is 4. The second-order valence-electron chi connectivity index (χ2n) is 2.15. The van der Waals surface area contributed by atoms with Gasteiger partial charge < -0.3 is 10.1 Å². The Balaban J connectivity index is 2.37. The highest BCUT2D eigenvalue weighted by atomic mass is 35.5.